The van der Waals surface area contributed by atoms with E-state index in [1.165, 1.54) is 17.0 Å². The van der Waals surface area contributed by atoms with Crippen LogP contribution in [0.5, 0.6) is 0 Å². The summed E-state index contributed by atoms with van der Waals surface area (Å²) in [6.07, 6.45) is 3.31. The van der Waals surface area contributed by atoms with Crippen molar-refractivity contribution in [1.29, 1.82) is 0 Å². The monoisotopic (exact) mass is 488 g/mol. The molecular weight excluding hydrogens is 467 g/mol. The minimum atomic E-state index is -0.442. The third-order valence-corrected chi connectivity index (χ3v) is 5.45. The van der Waals surface area contributed by atoms with Gasteiger partial charge in [0.05, 0.1) is 5.69 Å². The normalized spacial score (nSPS) is 10.6. The van der Waals surface area contributed by atoms with E-state index < -0.39 is 5.91 Å². The van der Waals surface area contributed by atoms with E-state index in [1.54, 1.807) is 53.2 Å². The largest absolute Gasteiger partial charge is 0.326 e. The van der Waals surface area contributed by atoms with Gasteiger partial charge in [-0.15, -0.1) is 6.58 Å². The summed E-state index contributed by atoms with van der Waals surface area (Å²) in [6, 6.07) is 21.8. The lowest BCUT2D eigenvalue weighted by Gasteiger charge is -2.20. The van der Waals surface area contributed by atoms with Gasteiger partial charge in [0.25, 0.3) is 5.91 Å². The lowest BCUT2D eigenvalue weighted by Crippen LogP contribution is -2.38. The number of carbonyl (C=O) groups excluding carboxylic acids is 2. The van der Waals surface area contributed by atoms with Crippen LogP contribution in [0.1, 0.15) is 10.4 Å². The van der Waals surface area contributed by atoms with Gasteiger partial charge < -0.3 is 4.90 Å². The van der Waals surface area contributed by atoms with Gasteiger partial charge in [-0.05, 0) is 48.5 Å². The van der Waals surface area contributed by atoms with Gasteiger partial charge in [-0.3, -0.25) is 19.5 Å². The number of amides is 2. The van der Waals surface area contributed by atoms with Crippen molar-refractivity contribution in [2.24, 2.45) is 0 Å². The van der Waals surface area contributed by atoms with E-state index in [4.69, 9.17) is 11.6 Å². The molecular formula is C27H22ClFN4O2. The maximum atomic E-state index is 13.5. The highest BCUT2D eigenvalue weighted by molar-refractivity contribution is 6.30. The number of anilines is 1. The first kappa shape index (κ1) is 23.9. The molecule has 4 rings (SSSR count). The first-order chi connectivity index (χ1) is 16.9. The summed E-state index contributed by atoms with van der Waals surface area (Å²) in [7, 11) is 0. The number of aromatic nitrogens is 2. The van der Waals surface area contributed by atoms with Crippen LogP contribution >= 0.6 is 11.6 Å². The van der Waals surface area contributed by atoms with Gasteiger partial charge in [0.2, 0.25) is 11.9 Å². The highest BCUT2D eigenvalue weighted by Gasteiger charge is 2.20. The second-order valence-corrected chi connectivity index (χ2v) is 8.13. The van der Waals surface area contributed by atoms with Crippen molar-refractivity contribution in [3.05, 3.63) is 114 Å². The van der Waals surface area contributed by atoms with Gasteiger partial charge in [-0.2, -0.15) is 0 Å². The first-order valence-corrected chi connectivity index (χ1v) is 11.2. The fraction of sp³-hybridized carbons (Fsp3) is 0.0741. The Morgan fingerprint density at radius 3 is 2.37 bits per heavy atom. The van der Waals surface area contributed by atoms with E-state index >= 15 is 0 Å². The summed E-state index contributed by atoms with van der Waals surface area (Å²) in [5.74, 6) is -0.896. The number of benzene rings is 3. The molecule has 2 amide bonds. The second kappa shape index (κ2) is 10.8. The topological polar surface area (TPSA) is 67.2 Å². The number of hydrogen-bond acceptors (Lipinski definition) is 3. The number of nitrogens with zero attached hydrogens (tertiary/aromatic N) is 3. The molecule has 8 heteroatoms. The maximum Gasteiger partial charge on any atom is 0.254 e. The molecule has 1 aromatic heterocycles. The zero-order chi connectivity index (χ0) is 24.8. The SMILES string of the molecule is C=CCN(CC(=O)Nc1nc(-c2ccccc2)cn1-c1ccc(F)cc1)C(=O)c1ccc(Cl)cc1. The fourth-order valence-electron chi connectivity index (χ4n) is 3.50. The van der Waals surface area contributed by atoms with E-state index in [9.17, 15) is 14.0 Å². The number of hydrogen-bond donors (Lipinski definition) is 1. The van der Waals surface area contributed by atoms with Crippen molar-refractivity contribution in [1.82, 2.24) is 14.5 Å². The molecule has 0 saturated heterocycles. The predicted molar refractivity (Wildman–Crippen MR) is 135 cm³/mol. The van der Waals surface area contributed by atoms with Gasteiger partial charge in [0, 0.05) is 34.6 Å². The van der Waals surface area contributed by atoms with Crippen LogP contribution in [0, 0.1) is 5.82 Å². The zero-order valence-electron chi connectivity index (χ0n) is 18.7. The molecule has 176 valence electrons. The minimum absolute atomic E-state index is 0.177. The van der Waals surface area contributed by atoms with E-state index in [2.05, 4.69) is 16.9 Å². The molecule has 0 saturated carbocycles. The average Bonchev–Trinajstić information content (AvgIpc) is 3.28. The number of imidazole rings is 1. The molecule has 1 N–H and O–H groups in total. The first-order valence-electron chi connectivity index (χ1n) is 10.8. The highest BCUT2D eigenvalue weighted by Crippen LogP contribution is 2.24. The average molecular weight is 489 g/mol. The van der Waals surface area contributed by atoms with Crippen LogP contribution in [-0.4, -0.2) is 39.4 Å². The van der Waals surface area contributed by atoms with Gasteiger partial charge in [0.15, 0.2) is 0 Å². The van der Waals surface area contributed by atoms with Crippen LogP contribution in [0.4, 0.5) is 10.3 Å². The molecule has 1 heterocycles. The number of rotatable bonds is 8. The number of nitrogens with one attached hydrogen (secondary N) is 1. The molecule has 0 bridgehead atoms. The van der Waals surface area contributed by atoms with Crippen LogP contribution in [0.15, 0.2) is 97.7 Å². The molecule has 0 radical (unpaired) electrons. The Balaban J connectivity index is 1.59. The van der Waals surface area contributed by atoms with E-state index in [0.717, 1.165) is 5.56 Å². The molecule has 0 aliphatic heterocycles. The maximum absolute atomic E-state index is 13.5. The van der Waals surface area contributed by atoms with E-state index in [1.807, 2.05) is 30.3 Å². The van der Waals surface area contributed by atoms with Crippen molar-refractivity contribution in [3.63, 3.8) is 0 Å². The van der Waals surface area contributed by atoms with Crippen molar-refractivity contribution in [3.8, 4) is 16.9 Å². The molecule has 0 unspecified atom stereocenters. The highest BCUT2D eigenvalue weighted by atomic mass is 35.5. The standard InChI is InChI=1S/C27H22ClFN4O2/c1-2-16-32(26(35)20-8-10-21(28)11-9-20)18-25(34)31-27-30-24(19-6-4-3-5-7-19)17-33(27)23-14-12-22(29)13-15-23/h2-15,17H,1,16,18H2,(H,30,31,34). The number of halogens is 2. The summed E-state index contributed by atoms with van der Waals surface area (Å²) in [4.78, 5) is 31.9. The Hall–Kier alpha value is -4.23. The van der Waals surface area contributed by atoms with Crippen LogP contribution in [0.3, 0.4) is 0 Å². The molecule has 0 fully saturated rings. The third kappa shape index (κ3) is 5.83. The zero-order valence-corrected chi connectivity index (χ0v) is 19.5. The molecule has 4 aromatic rings. The van der Waals surface area contributed by atoms with Gasteiger partial charge >= 0.3 is 0 Å². The predicted octanol–water partition coefficient (Wildman–Crippen LogP) is 5.60. The number of carbonyl (C=O) groups is 2. The molecule has 0 aliphatic carbocycles. The molecule has 0 aliphatic rings. The summed E-state index contributed by atoms with van der Waals surface area (Å²) in [5.41, 5.74) is 2.51. The Morgan fingerprint density at radius 2 is 1.71 bits per heavy atom. The Labute approximate surface area is 207 Å². The second-order valence-electron chi connectivity index (χ2n) is 7.69. The van der Waals surface area contributed by atoms with Crippen LogP contribution < -0.4 is 5.32 Å². The third-order valence-electron chi connectivity index (χ3n) is 5.19. The Morgan fingerprint density at radius 1 is 1.03 bits per heavy atom. The van der Waals surface area contributed by atoms with Gasteiger partial charge in [0.1, 0.15) is 12.4 Å². The molecule has 3 aromatic carbocycles. The Kier molecular flexibility index (Phi) is 7.38. The fourth-order valence-corrected chi connectivity index (χ4v) is 3.63. The van der Waals surface area contributed by atoms with Crippen molar-refractivity contribution < 1.29 is 14.0 Å². The van der Waals surface area contributed by atoms with Gasteiger partial charge in [-0.1, -0.05) is 48.0 Å². The summed E-state index contributed by atoms with van der Waals surface area (Å²) in [5, 5.41) is 3.30. The quantitative estimate of drug-likeness (QED) is 0.328. The lowest BCUT2D eigenvalue weighted by atomic mass is 10.2. The van der Waals surface area contributed by atoms with Crippen LogP contribution in [0.2, 0.25) is 5.02 Å². The van der Waals surface area contributed by atoms with Crippen LogP contribution in [-0.2, 0) is 4.79 Å². The minimum Gasteiger partial charge on any atom is -0.326 e. The molecule has 0 spiro atoms. The van der Waals surface area contributed by atoms with E-state index in [0.29, 0.717) is 22.0 Å². The van der Waals surface area contributed by atoms with Crippen molar-refractivity contribution >= 4 is 29.4 Å². The summed E-state index contributed by atoms with van der Waals surface area (Å²) < 4.78 is 15.2. The van der Waals surface area contributed by atoms with Crippen LogP contribution in [0.25, 0.3) is 16.9 Å². The molecule has 6 nitrogen and oxygen atoms in total. The van der Waals surface area contributed by atoms with Crippen molar-refractivity contribution in [2.75, 3.05) is 18.4 Å². The van der Waals surface area contributed by atoms with Gasteiger partial charge in [-0.25, -0.2) is 9.37 Å². The summed E-state index contributed by atoms with van der Waals surface area (Å²) in [6.45, 7) is 3.65. The lowest BCUT2D eigenvalue weighted by molar-refractivity contribution is -0.116. The molecule has 0 atom stereocenters. The molecule has 35 heavy (non-hydrogen) atoms. The van der Waals surface area contributed by atoms with Crippen molar-refractivity contribution in [2.45, 2.75) is 0 Å². The van der Waals surface area contributed by atoms with E-state index in [-0.39, 0.29) is 30.8 Å². The Bertz CT molecular complexity index is 1340. The summed E-state index contributed by atoms with van der Waals surface area (Å²) >= 11 is 5.92. The smallest absolute Gasteiger partial charge is 0.254 e.